The van der Waals surface area contributed by atoms with Crippen LogP contribution in [0.25, 0.3) is 0 Å². The molecule has 3 rings (SSSR count). The van der Waals surface area contributed by atoms with Crippen LogP contribution in [0.2, 0.25) is 0 Å². The molecule has 0 spiro atoms. The van der Waals surface area contributed by atoms with Crippen molar-refractivity contribution < 1.29 is 4.74 Å². The zero-order chi connectivity index (χ0) is 18.9. The lowest BCUT2D eigenvalue weighted by Crippen LogP contribution is -2.50. The van der Waals surface area contributed by atoms with Crippen molar-refractivity contribution in [2.24, 2.45) is 4.99 Å². The second-order valence-electron chi connectivity index (χ2n) is 7.44. The van der Waals surface area contributed by atoms with Crippen molar-refractivity contribution in [1.82, 2.24) is 15.5 Å². The van der Waals surface area contributed by atoms with Gasteiger partial charge in [-0.25, -0.2) is 0 Å². The molecule has 0 saturated carbocycles. The number of rotatable bonds is 7. The van der Waals surface area contributed by atoms with E-state index < -0.39 is 0 Å². The van der Waals surface area contributed by atoms with Gasteiger partial charge in [0.25, 0.3) is 0 Å². The predicted octanol–water partition coefficient (Wildman–Crippen LogP) is 1.93. The Morgan fingerprint density at radius 3 is 2.63 bits per heavy atom. The number of piperazine rings is 1. The summed E-state index contributed by atoms with van der Waals surface area (Å²) in [6, 6.07) is 11.2. The van der Waals surface area contributed by atoms with Crippen LogP contribution in [0, 0.1) is 0 Å². The molecular weight excluding hydrogens is 338 g/mol. The third-order valence-corrected chi connectivity index (χ3v) is 5.44. The van der Waals surface area contributed by atoms with Crippen LogP contribution in [0.3, 0.4) is 0 Å². The number of anilines is 1. The molecule has 2 heterocycles. The van der Waals surface area contributed by atoms with E-state index in [4.69, 9.17) is 9.73 Å². The number of nitrogens with one attached hydrogen (secondary N) is 2. The first-order valence-corrected chi connectivity index (χ1v) is 10.4. The number of benzene rings is 1. The number of para-hydroxylation sites is 1. The lowest BCUT2D eigenvalue weighted by atomic mass is 10.2. The average Bonchev–Trinajstić information content (AvgIpc) is 3.24. The van der Waals surface area contributed by atoms with Gasteiger partial charge in [0.05, 0.1) is 12.6 Å². The zero-order valence-corrected chi connectivity index (χ0v) is 16.9. The molecule has 0 aromatic heterocycles. The minimum absolute atomic E-state index is 0.331. The zero-order valence-electron chi connectivity index (χ0n) is 16.9. The van der Waals surface area contributed by atoms with Crippen LogP contribution in [-0.4, -0.2) is 75.4 Å². The van der Waals surface area contributed by atoms with Gasteiger partial charge in [-0.15, -0.1) is 0 Å². The summed E-state index contributed by atoms with van der Waals surface area (Å²) in [6.45, 7) is 12.2. The Morgan fingerprint density at radius 1 is 1.19 bits per heavy atom. The fourth-order valence-electron chi connectivity index (χ4n) is 3.76. The van der Waals surface area contributed by atoms with Crippen LogP contribution in [0.4, 0.5) is 5.69 Å². The van der Waals surface area contributed by atoms with Gasteiger partial charge >= 0.3 is 0 Å². The monoisotopic (exact) mass is 373 g/mol. The summed E-state index contributed by atoms with van der Waals surface area (Å²) in [6.07, 6.45) is 2.65. The molecular formula is C21H35N5O. The third kappa shape index (κ3) is 6.11. The largest absolute Gasteiger partial charge is 0.376 e. The average molecular weight is 374 g/mol. The standard InChI is InChI=1S/C21H35N5O/c1-3-22-21(24-17-20-10-7-15-27-20)23-16-18(2)25-11-13-26(14-12-25)19-8-5-4-6-9-19/h4-6,8-9,18,20H,3,7,10-17H2,1-2H3,(H2,22,23,24). The number of guanidine groups is 1. The van der Waals surface area contributed by atoms with Crippen molar-refractivity contribution in [3.63, 3.8) is 0 Å². The normalized spacial score (nSPS) is 22.7. The van der Waals surface area contributed by atoms with Gasteiger partial charge in [-0.05, 0) is 38.8 Å². The number of hydrogen-bond donors (Lipinski definition) is 2. The van der Waals surface area contributed by atoms with Gasteiger partial charge in [-0.2, -0.15) is 0 Å². The van der Waals surface area contributed by atoms with Crippen molar-refractivity contribution in [2.75, 3.05) is 57.3 Å². The quantitative estimate of drug-likeness (QED) is 0.565. The molecule has 2 N–H and O–H groups in total. The van der Waals surface area contributed by atoms with Gasteiger partial charge in [0.15, 0.2) is 5.96 Å². The summed E-state index contributed by atoms with van der Waals surface area (Å²) >= 11 is 0. The molecule has 2 aliphatic rings. The van der Waals surface area contributed by atoms with Crippen LogP contribution in [0.15, 0.2) is 35.3 Å². The number of hydrogen-bond acceptors (Lipinski definition) is 4. The van der Waals surface area contributed by atoms with E-state index in [1.807, 2.05) is 0 Å². The van der Waals surface area contributed by atoms with Crippen LogP contribution in [-0.2, 0) is 4.74 Å². The molecule has 0 amide bonds. The third-order valence-electron chi connectivity index (χ3n) is 5.44. The molecule has 2 saturated heterocycles. The van der Waals surface area contributed by atoms with E-state index in [2.05, 4.69) is 64.6 Å². The van der Waals surface area contributed by atoms with Gasteiger partial charge in [0.2, 0.25) is 0 Å². The van der Waals surface area contributed by atoms with Crippen molar-refractivity contribution in [3.05, 3.63) is 30.3 Å². The second-order valence-corrected chi connectivity index (χ2v) is 7.44. The van der Waals surface area contributed by atoms with Crippen LogP contribution in [0.1, 0.15) is 26.7 Å². The molecule has 0 radical (unpaired) electrons. The molecule has 0 aliphatic carbocycles. The summed E-state index contributed by atoms with van der Waals surface area (Å²) in [7, 11) is 0. The molecule has 1 aromatic carbocycles. The van der Waals surface area contributed by atoms with E-state index in [0.717, 1.165) is 64.8 Å². The van der Waals surface area contributed by atoms with E-state index in [9.17, 15) is 0 Å². The van der Waals surface area contributed by atoms with E-state index in [1.165, 1.54) is 12.1 Å². The van der Waals surface area contributed by atoms with Crippen LogP contribution in [0.5, 0.6) is 0 Å². The molecule has 150 valence electrons. The van der Waals surface area contributed by atoms with Crippen molar-refractivity contribution in [2.45, 2.75) is 38.8 Å². The molecule has 1 aromatic rings. The molecule has 0 bridgehead atoms. The molecule has 27 heavy (non-hydrogen) atoms. The van der Waals surface area contributed by atoms with Gasteiger partial charge < -0.3 is 20.3 Å². The number of ether oxygens (including phenoxy) is 1. The summed E-state index contributed by atoms with van der Waals surface area (Å²) in [5, 5.41) is 6.79. The minimum Gasteiger partial charge on any atom is -0.376 e. The SMILES string of the molecule is CCNC(=NCC(C)N1CCN(c2ccccc2)CC1)NCC1CCCO1. The van der Waals surface area contributed by atoms with Gasteiger partial charge in [-0.1, -0.05) is 18.2 Å². The Balaban J connectivity index is 1.44. The molecule has 2 unspecified atom stereocenters. The van der Waals surface area contributed by atoms with Crippen LogP contribution >= 0.6 is 0 Å². The summed E-state index contributed by atoms with van der Waals surface area (Å²) < 4.78 is 5.69. The maximum absolute atomic E-state index is 5.69. The second kappa shape index (κ2) is 10.5. The number of nitrogens with zero attached hydrogens (tertiary/aromatic N) is 3. The minimum atomic E-state index is 0.331. The van der Waals surface area contributed by atoms with E-state index >= 15 is 0 Å². The van der Waals surface area contributed by atoms with Crippen molar-refractivity contribution in [3.8, 4) is 0 Å². The maximum Gasteiger partial charge on any atom is 0.191 e. The van der Waals surface area contributed by atoms with Gasteiger partial charge in [0, 0.05) is 57.6 Å². The first-order chi connectivity index (χ1) is 13.3. The highest BCUT2D eigenvalue weighted by atomic mass is 16.5. The predicted molar refractivity (Wildman–Crippen MR) is 113 cm³/mol. The van der Waals surface area contributed by atoms with E-state index in [0.29, 0.717) is 12.1 Å². The Hall–Kier alpha value is -1.79. The van der Waals surface area contributed by atoms with Crippen molar-refractivity contribution in [1.29, 1.82) is 0 Å². The molecule has 6 heteroatoms. The lowest BCUT2D eigenvalue weighted by Gasteiger charge is -2.38. The first kappa shape index (κ1) is 20.0. The number of aliphatic imine (C=N–C) groups is 1. The highest BCUT2D eigenvalue weighted by Gasteiger charge is 2.21. The highest BCUT2D eigenvalue weighted by molar-refractivity contribution is 5.79. The summed E-state index contributed by atoms with van der Waals surface area (Å²) in [5.41, 5.74) is 1.33. The van der Waals surface area contributed by atoms with Crippen LogP contribution < -0.4 is 15.5 Å². The Bertz CT molecular complexity index is 565. The molecule has 6 nitrogen and oxygen atoms in total. The lowest BCUT2D eigenvalue weighted by molar-refractivity contribution is 0.113. The Labute approximate surface area is 164 Å². The fraction of sp³-hybridized carbons (Fsp3) is 0.667. The molecule has 2 fully saturated rings. The Morgan fingerprint density at radius 2 is 1.96 bits per heavy atom. The van der Waals surface area contributed by atoms with Gasteiger partial charge in [-0.3, -0.25) is 9.89 Å². The van der Waals surface area contributed by atoms with Gasteiger partial charge in [0.1, 0.15) is 0 Å². The topological polar surface area (TPSA) is 52.1 Å². The Kier molecular flexibility index (Phi) is 7.78. The molecule has 2 aliphatic heterocycles. The van der Waals surface area contributed by atoms with E-state index in [-0.39, 0.29) is 0 Å². The first-order valence-electron chi connectivity index (χ1n) is 10.4. The fourth-order valence-corrected chi connectivity index (χ4v) is 3.76. The van der Waals surface area contributed by atoms with E-state index in [1.54, 1.807) is 0 Å². The van der Waals surface area contributed by atoms with Crippen molar-refractivity contribution >= 4 is 11.6 Å². The molecule has 2 atom stereocenters. The smallest absolute Gasteiger partial charge is 0.191 e. The highest BCUT2D eigenvalue weighted by Crippen LogP contribution is 2.16. The summed E-state index contributed by atoms with van der Waals surface area (Å²) in [5.74, 6) is 0.905. The summed E-state index contributed by atoms with van der Waals surface area (Å²) in [4.78, 5) is 9.83. The maximum atomic E-state index is 5.69.